The fourth-order valence-electron chi connectivity index (χ4n) is 1.35. The first-order chi connectivity index (χ1) is 8.31. The summed E-state index contributed by atoms with van der Waals surface area (Å²) >= 11 is 0. The van der Waals surface area contributed by atoms with Crippen molar-refractivity contribution >= 4 is 5.84 Å². The molecule has 0 atom stereocenters. The van der Waals surface area contributed by atoms with Crippen LogP contribution in [0, 0.1) is 0 Å². The van der Waals surface area contributed by atoms with Crippen LogP contribution in [-0.2, 0) is 0 Å². The van der Waals surface area contributed by atoms with Gasteiger partial charge in [-0.2, -0.15) is 13.2 Å². The van der Waals surface area contributed by atoms with E-state index in [1.165, 1.54) is 0 Å². The largest absolute Gasteiger partial charge is 0.433 e. The van der Waals surface area contributed by atoms with E-state index in [9.17, 15) is 13.2 Å². The first-order valence-electron chi connectivity index (χ1n) is 5.71. The molecule has 0 fully saturated rings. The number of hydrogen-bond donors (Lipinski definition) is 2. The van der Waals surface area contributed by atoms with E-state index in [1.54, 1.807) is 11.9 Å². The van der Waals surface area contributed by atoms with E-state index >= 15 is 0 Å². The molecule has 0 aliphatic rings. The Labute approximate surface area is 105 Å². The minimum absolute atomic E-state index is 0.0903. The summed E-state index contributed by atoms with van der Waals surface area (Å²) in [7, 11) is 1.76. The minimum atomic E-state index is -4.55. The summed E-state index contributed by atoms with van der Waals surface area (Å²) in [5.41, 5.74) is 4.42. The fourth-order valence-corrected chi connectivity index (χ4v) is 1.35. The second-order valence-electron chi connectivity index (χ2n) is 3.94. The van der Waals surface area contributed by atoms with Gasteiger partial charge in [-0.25, -0.2) is 4.99 Å². The molecule has 0 saturated carbocycles. The SMILES string of the molecule is CCCN(C)C/C(N)=N/C(=CCCO)C(F)(F)F. The number of aliphatic hydroxyl groups excluding tert-OH is 1. The van der Waals surface area contributed by atoms with Crippen molar-refractivity contribution in [2.75, 3.05) is 26.7 Å². The maximum Gasteiger partial charge on any atom is 0.433 e. The van der Waals surface area contributed by atoms with Gasteiger partial charge in [0.15, 0.2) is 0 Å². The van der Waals surface area contributed by atoms with Crippen molar-refractivity contribution < 1.29 is 18.3 Å². The second kappa shape index (κ2) is 8.10. The molecule has 0 radical (unpaired) electrons. The number of alkyl halides is 3. The van der Waals surface area contributed by atoms with Crippen LogP contribution in [0.3, 0.4) is 0 Å². The standard InChI is InChI=1S/C11H20F3N3O/c1-3-6-17(2)8-10(15)16-9(5-4-7-18)11(12,13)14/h5,18H,3-4,6-8H2,1-2H3,(H2,15,16). The first-order valence-corrected chi connectivity index (χ1v) is 5.71. The van der Waals surface area contributed by atoms with Crippen molar-refractivity contribution in [3.05, 3.63) is 11.8 Å². The zero-order valence-corrected chi connectivity index (χ0v) is 10.7. The van der Waals surface area contributed by atoms with Crippen LogP contribution in [0.4, 0.5) is 13.2 Å². The second-order valence-corrected chi connectivity index (χ2v) is 3.94. The number of nitrogens with zero attached hydrogens (tertiary/aromatic N) is 2. The maximum atomic E-state index is 12.6. The molecule has 3 N–H and O–H groups in total. The van der Waals surface area contributed by atoms with Crippen molar-refractivity contribution in [3.63, 3.8) is 0 Å². The summed E-state index contributed by atoms with van der Waals surface area (Å²) in [6.45, 7) is 2.52. The van der Waals surface area contributed by atoms with Gasteiger partial charge in [-0.1, -0.05) is 13.0 Å². The predicted octanol–water partition coefficient (Wildman–Crippen LogP) is 1.51. The fraction of sp³-hybridized carbons (Fsp3) is 0.727. The maximum absolute atomic E-state index is 12.6. The van der Waals surface area contributed by atoms with Crippen LogP contribution in [0.1, 0.15) is 19.8 Å². The number of likely N-dealkylation sites (N-methyl/N-ethyl adjacent to an activating group) is 1. The summed E-state index contributed by atoms with van der Waals surface area (Å²) < 4.78 is 37.7. The van der Waals surface area contributed by atoms with E-state index in [-0.39, 0.29) is 25.4 Å². The van der Waals surface area contributed by atoms with Gasteiger partial charge in [-0.05, 0) is 26.4 Å². The highest BCUT2D eigenvalue weighted by Crippen LogP contribution is 2.26. The number of halogens is 3. The molecule has 7 heteroatoms. The highest BCUT2D eigenvalue weighted by atomic mass is 19.4. The topological polar surface area (TPSA) is 61.8 Å². The number of aliphatic imine (C=N–C) groups is 1. The molecule has 0 aliphatic carbocycles. The van der Waals surface area contributed by atoms with Crippen molar-refractivity contribution in [3.8, 4) is 0 Å². The number of nitrogens with two attached hydrogens (primary N) is 1. The lowest BCUT2D eigenvalue weighted by molar-refractivity contribution is -0.0926. The Kier molecular flexibility index (Phi) is 7.61. The van der Waals surface area contributed by atoms with E-state index in [0.29, 0.717) is 0 Å². The molecule has 4 nitrogen and oxygen atoms in total. The Morgan fingerprint density at radius 1 is 1.44 bits per heavy atom. The van der Waals surface area contributed by atoms with Gasteiger partial charge in [0.1, 0.15) is 11.5 Å². The summed E-state index contributed by atoms with van der Waals surface area (Å²) in [6, 6.07) is 0. The van der Waals surface area contributed by atoms with E-state index in [2.05, 4.69) is 4.99 Å². The Balaban J connectivity index is 4.73. The average Bonchev–Trinajstić information content (AvgIpc) is 2.22. The Morgan fingerprint density at radius 2 is 2.06 bits per heavy atom. The van der Waals surface area contributed by atoms with E-state index < -0.39 is 11.9 Å². The van der Waals surface area contributed by atoms with Gasteiger partial charge in [-0.15, -0.1) is 0 Å². The molecule has 106 valence electrons. The van der Waals surface area contributed by atoms with Crippen LogP contribution in [0.25, 0.3) is 0 Å². The van der Waals surface area contributed by atoms with Crippen LogP contribution in [0.2, 0.25) is 0 Å². The summed E-state index contributed by atoms with van der Waals surface area (Å²) in [5, 5.41) is 8.53. The molecule has 0 saturated heterocycles. The highest BCUT2D eigenvalue weighted by molar-refractivity contribution is 5.83. The Bertz CT molecular complexity index is 300. The zero-order chi connectivity index (χ0) is 14.2. The van der Waals surface area contributed by atoms with Gasteiger partial charge in [0, 0.05) is 6.61 Å². The molecule has 0 unspecified atom stereocenters. The predicted molar refractivity (Wildman–Crippen MR) is 65.3 cm³/mol. The molecule has 18 heavy (non-hydrogen) atoms. The Morgan fingerprint density at radius 3 is 2.50 bits per heavy atom. The van der Waals surface area contributed by atoms with Crippen LogP contribution >= 0.6 is 0 Å². The molecule has 0 heterocycles. The van der Waals surface area contributed by atoms with E-state index in [4.69, 9.17) is 10.8 Å². The molecule has 0 rings (SSSR count). The van der Waals surface area contributed by atoms with Crippen LogP contribution < -0.4 is 5.73 Å². The molecule has 0 aromatic rings. The molecule has 0 aromatic carbocycles. The van der Waals surface area contributed by atoms with Gasteiger partial charge in [0.05, 0.1) is 6.54 Å². The summed E-state index contributed by atoms with van der Waals surface area (Å²) in [4.78, 5) is 5.18. The first kappa shape index (κ1) is 16.9. The van der Waals surface area contributed by atoms with Crippen LogP contribution in [0.15, 0.2) is 16.8 Å². The monoisotopic (exact) mass is 267 g/mol. The average molecular weight is 267 g/mol. The number of aliphatic hydroxyl groups is 1. The lowest BCUT2D eigenvalue weighted by Gasteiger charge is -2.15. The third kappa shape index (κ3) is 7.29. The smallest absolute Gasteiger partial charge is 0.396 e. The molecule has 0 aromatic heterocycles. The molecule has 0 amide bonds. The molecule has 0 spiro atoms. The van der Waals surface area contributed by atoms with Crippen LogP contribution in [-0.4, -0.2) is 48.8 Å². The van der Waals surface area contributed by atoms with Gasteiger partial charge < -0.3 is 10.8 Å². The van der Waals surface area contributed by atoms with Crippen molar-refractivity contribution in [2.45, 2.75) is 25.9 Å². The number of amidine groups is 1. The van der Waals surface area contributed by atoms with Crippen molar-refractivity contribution in [1.29, 1.82) is 0 Å². The number of allylic oxidation sites excluding steroid dienone is 1. The highest BCUT2D eigenvalue weighted by Gasteiger charge is 2.33. The quantitative estimate of drug-likeness (QED) is 0.543. The Hall–Kier alpha value is -1.08. The van der Waals surface area contributed by atoms with Gasteiger partial charge in [0.2, 0.25) is 0 Å². The van der Waals surface area contributed by atoms with Crippen molar-refractivity contribution in [2.24, 2.45) is 10.7 Å². The summed E-state index contributed by atoms with van der Waals surface area (Å²) in [6.07, 6.45) is -2.93. The third-order valence-corrected chi connectivity index (χ3v) is 2.06. The summed E-state index contributed by atoms with van der Waals surface area (Å²) in [5.74, 6) is -0.0903. The van der Waals surface area contributed by atoms with Gasteiger partial charge >= 0.3 is 6.18 Å². The normalized spacial score (nSPS) is 14.4. The molecule has 0 aliphatic heterocycles. The minimum Gasteiger partial charge on any atom is -0.396 e. The van der Waals surface area contributed by atoms with E-state index in [1.807, 2.05) is 6.92 Å². The van der Waals surface area contributed by atoms with Gasteiger partial charge in [0.25, 0.3) is 0 Å². The molecular weight excluding hydrogens is 247 g/mol. The van der Waals surface area contributed by atoms with Crippen LogP contribution in [0.5, 0.6) is 0 Å². The molecule has 0 bridgehead atoms. The molecular formula is C11H20F3N3O. The van der Waals surface area contributed by atoms with E-state index in [0.717, 1.165) is 19.0 Å². The lowest BCUT2D eigenvalue weighted by atomic mass is 10.3. The van der Waals surface area contributed by atoms with Crippen molar-refractivity contribution in [1.82, 2.24) is 4.90 Å². The lowest BCUT2D eigenvalue weighted by Crippen LogP contribution is -2.32. The number of hydrogen-bond acceptors (Lipinski definition) is 3. The third-order valence-electron chi connectivity index (χ3n) is 2.06. The van der Waals surface area contributed by atoms with Gasteiger partial charge in [-0.3, -0.25) is 4.90 Å². The zero-order valence-electron chi connectivity index (χ0n) is 10.7. The number of rotatable bonds is 7.